The fraction of sp³-hybridized carbons (Fsp3) is 0.250. The van der Waals surface area contributed by atoms with Gasteiger partial charge in [-0.25, -0.2) is 9.78 Å². The predicted octanol–water partition coefficient (Wildman–Crippen LogP) is 3.83. The van der Waals surface area contributed by atoms with E-state index in [1.807, 2.05) is 54.8 Å². The van der Waals surface area contributed by atoms with Gasteiger partial charge in [-0.1, -0.05) is 36.4 Å². The zero-order chi connectivity index (χ0) is 19.2. The van der Waals surface area contributed by atoms with Crippen LogP contribution in [-0.4, -0.2) is 40.0 Å². The van der Waals surface area contributed by atoms with Crippen molar-refractivity contribution in [1.82, 2.24) is 10.3 Å². The summed E-state index contributed by atoms with van der Waals surface area (Å²) in [6.07, 6.45) is 2.40. The molecule has 1 atom stereocenters. The number of carbonyl (C=O) groups is 2. The molecular formula is C20H20N2O3S2. The van der Waals surface area contributed by atoms with Crippen LogP contribution in [0.3, 0.4) is 0 Å². The van der Waals surface area contributed by atoms with Gasteiger partial charge in [-0.3, -0.25) is 4.79 Å². The Hall–Kier alpha value is -2.38. The molecule has 3 rings (SSSR count). The number of nitrogens with one attached hydrogen (secondary N) is 1. The van der Waals surface area contributed by atoms with Crippen molar-refractivity contribution in [1.29, 1.82) is 0 Å². The first kappa shape index (κ1) is 19.4. The Balaban J connectivity index is 1.71. The second kappa shape index (κ2) is 9.01. The highest BCUT2D eigenvalue weighted by atomic mass is 32.2. The normalized spacial score (nSPS) is 12.0. The van der Waals surface area contributed by atoms with Crippen LogP contribution in [0.1, 0.15) is 11.4 Å². The predicted molar refractivity (Wildman–Crippen MR) is 111 cm³/mol. The van der Waals surface area contributed by atoms with Gasteiger partial charge in [-0.05, 0) is 41.7 Å². The zero-order valence-corrected chi connectivity index (χ0v) is 16.5. The minimum atomic E-state index is -1.01. The van der Waals surface area contributed by atoms with Crippen LogP contribution >= 0.6 is 23.1 Å². The Morgan fingerprint density at radius 2 is 1.96 bits per heavy atom. The summed E-state index contributed by atoms with van der Waals surface area (Å²) in [5.74, 6) is -0.638. The van der Waals surface area contributed by atoms with E-state index in [4.69, 9.17) is 0 Å². The van der Waals surface area contributed by atoms with Crippen molar-refractivity contribution in [3.8, 4) is 11.1 Å². The summed E-state index contributed by atoms with van der Waals surface area (Å²) in [7, 11) is 0. The van der Waals surface area contributed by atoms with E-state index >= 15 is 0 Å². The summed E-state index contributed by atoms with van der Waals surface area (Å²) < 4.78 is 1.01. The van der Waals surface area contributed by atoms with E-state index in [0.717, 1.165) is 21.3 Å². The maximum atomic E-state index is 12.2. The van der Waals surface area contributed by atoms with Crippen molar-refractivity contribution >= 4 is 45.2 Å². The first-order valence-corrected chi connectivity index (χ1v) is 10.7. The first-order chi connectivity index (χ1) is 13.1. The number of thiazole rings is 1. The van der Waals surface area contributed by atoms with E-state index < -0.39 is 12.0 Å². The molecule has 5 nitrogen and oxygen atoms in total. The highest BCUT2D eigenvalue weighted by Crippen LogP contribution is 2.28. The van der Waals surface area contributed by atoms with Crippen LogP contribution in [0.25, 0.3) is 21.3 Å². The summed E-state index contributed by atoms with van der Waals surface area (Å²) in [6.45, 7) is 0. The van der Waals surface area contributed by atoms with Gasteiger partial charge in [0, 0.05) is 0 Å². The third kappa shape index (κ3) is 5.08. The lowest BCUT2D eigenvalue weighted by Crippen LogP contribution is -2.41. The third-order valence-electron chi connectivity index (χ3n) is 4.09. The maximum Gasteiger partial charge on any atom is 0.326 e. The van der Waals surface area contributed by atoms with Crippen molar-refractivity contribution in [3.05, 3.63) is 53.5 Å². The Kier molecular flexibility index (Phi) is 6.47. The van der Waals surface area contributed by atoms with Crippen molar-refractivity contribution in [2.45, 2.75) is 18.9 Å². The minimum Gasteiger partial charge on any atom is -0.480 e. The molecule has 27 heavy (non-hydrogen) atoms. The van der Waals surface area contributed by atoms with Crippen molar-refractivity contribution < 1.29 is 14.7 Å². The molecule has 140 valence electrons. The van der Waals surface area contributed by atoms with E-state index in [-0.39, 0.29) is 12.3 Å². The molecule has 3 aromatic rings. The second-order valence-electron chi connectivity index (χ2n) is 6.07. The summed E-state index contributed by atoms with van der Waals surface area (Å²) in [4.78, 5) is 28.1. The van der Waals surface area contributed by atoms with Crippen molar-refractivity contribution in [3.63, 3.8) is 0 Å². The fourth-order valence-corrected chi connectivity index (χ4v) is 4.15. The minimum absolute atomic E-state index is 0.0864. The molecule has 1 heterocycles. The monoisotopic (exact) mass is 400 g/mol. The van der Waals surface area contributed by atoms with Gasteiger partial charge in [-0.15, -0.1) is 11.3 Å². The van der Waals surface area contributed by atoms with Gasteiger partial charge >= 0.3 is 5.97 Å². The van der Waals surface area contributed by atoms with Gasteiger partial charge in [0.15, 0.2) is 0 Å². The molecule has 0 aliphatic heterocycles. The van der Waals surface area contributed by atoms with Crippen LogP contribution in [0.15, 0.2) is 48.5 Å². The zero-order valence-electron chi connectivity index (χ0n) is 14.8. The number of aliphatic carboxylic acids is 1. The molecule has 0 radical (unpaired) electrons. The van der Waals surface area contributed by atoms with E-state index in [2.05, 4.69) is 10.3 Å². The van der Waals surface area contributed by atoms with Crippen molar-refractivity contribution in [2.24, 2.45) is 0 Å². The molecule has 0 aliphatic carbocycles. The average Bonchev–Trinajstić information content (AvgIpc) is 3.06. The SMILES string of the molecule is CSCC[C@H](NC(=O)Cc1nc2cc(-c3ccccc3)ccc2s1)C(=O)O. The topological polar surface area (TPSA) is 79.3 Å². The van der Waals surface area contributed by atoms with Gasteiger partial charge < -0.3 is 10.4 Å². The number of aromatic nitrogens is 1. The van der Waals surface area contributed by atoms with Crippen LogP contribution < -0.4 is 5.32 Å². The Bertz CT molecular complexity index is 941. The van der Waals surface area contributed by atoms with Gasteiger partial charge in [0.1, 0.15) is 11.0 Å². The summed E-state index contributed by atoms with van der Waals surface area (Å²) in [5.41, 5.74) is 3.04. The van der Waals surface area contributed by atoms with Crippen LogP contribution in [0, 0.1) is 0 Å². The van der Waals surface area contributed by atoms with Crippen LogP contribution in [-0.2, 0) is 16.0 Å². The lowest BCUT2D eigenvalue weighted by Gasteiger charge is -2.13. The van der Waals surface area contributed by atoms with Gasteiger partial charge in [0.25, 0.3) is 0 Å². The smallest absolute Gasteiger partial charge is 0.326 e. The fourth-order valence-electron chi connectivity index (χ4n) is 2.74. The van der Waals surface area contributed by atoms with Crippen LogP contribution in [0.2, 0.25) is 0 Å². The lowest BCUT2D eigenvalue weighted by atomic mass is 10.1. The number of amides is 1. The van der Waals surface area contributed by atoms with Gasteiger partial charge in [0.2, 0.25) is 5.91 Å². The van der Waals surface area contributed by atoms with Gasteiger partial charge in [0.05, 0.1) is 16.6 Å². The molecule has 0 fully saturated rings. The van der Waals surface area contributed by atoms with Crippen LogP contribution in [0.5, 0.6) is 0 Å². The van der Waals surface area contributed by atoms with E-state index in [1.165, 1.54) is 11.3 Å². The second-order valence-corrected chi connectivity index (χ2v) is 8.17. The Morgan fingerprint density at radius 1 is 1.19 bits per heavy atom. The molecule has 0 saturated carbocycles. The number of carbonyl (C=O) groups excluding carboxylic acids is 1. The number of hydrogen-bond acceptors (Lipinski definition) is 5. The molecule has 0 spiro atoms. The quantitative estimate of drug-likeness (QED) is 0.601. The molecule has 1 amide bonds. The molecule has 0 saturated heterocycles. The lowest BCUT2D eigenvalue weighted by molar-refractivity contribution is -0.141. The Labute approximate surface area is 165 Å². The Morgan fingerprint density at radius 3 is 2.67 bits per heavy atom. The summed E-state index contributed by atoms with van der Waals surface area (Å²) in [6, 6.07) is 15.3. The van der Waals surface area contributed by atoms with Crippen LogP contribution in [0.4, 0.5) is 0 Å². The molecule has 0 aliphatic rings. The standard InChI is InChI=1S/C20H20N2O3S2/c1-26-10-9-15(20(24)25)21-18(23)12-19-22-16-11-14(7-8-17(16)27-19)13-5-3-2-4-6-13/h2-8,11,15H,9-10,12H2,1H3,(H,21,23)(H,24,25)/t15-/m0/s1. The molecule has 7 heteroatoms. The number of fused-ring (bicyclic) bond motifs is 1. The molecule has 0 bridgehead atoms. The van der Waals surface area contributed by atoms with E-state index in [9.17, 15) is 14.7 Å². The highest BCUT2D eigenvalue weighted by molar-refractivity contribution is 7.98. The molecule has 2 N–H and O–H groups in total. The van der Waals surface area contributed by atoms with Crippen molar-refractivity contribution in [2.75, 3.05) is 12.0 Å². The van der Waals surface area contributed by atoms with E-state index in [0.29, 0.717) is 17.2 Å². The molecule has 1 aromatic heterocycles. The summed E-state index contributed by atoms with van der Waals surface area (Å²) in [5, 5.41) is 12.5. The number of rotatable bonds is 8. The molecular weight excluding hydrogens is 380 g/mol. The largest absolute Gasteiger partial charge is 0.480 e. The molecule has 0 unspecified atom stereocenters. The maximum absolute atomic E-state index is 12.2. The number of benzene rings is 2. The first-order valence-electron chi connectivity index (χ1n) is 8.53. The van der Waals surface area contributed by atoms with E-state index in [1.54, 1.807) is 11.8 Å². The average molecular weight is 401 g/mol. The highest BCUT2D eigenvalue weighted by Gasteiger charge is 2.20. The number of hydrogen-bond donors (Lipinski definition) is 2. The third-order valence-corrected chi connectivity index (χ3v) is 5.78. The number of nitrogens with zero attached hydrogens (tertiary/aromatic N) is 1. The number of carboxylic acid groups (broad SMARTS) is 1. The van der Waals surface area contributed by atoms with Gasteiger partial charge in [-0.2, -0.15) is 11.8 Å². The number of thioether (sulfide) groups is 1. The summed E-state index contributed by atoms with van der Waals surface area (Å²) >= 11 is 3.02. The molecule has 2 aromatic carbocycles. The number of carboxylic acids is 1.